The third kappa shape index (κ3) is 3.08. The van der Waals surface area contributed by atoms with Gasteiger partial charge in [0.05, 0.1) is 21.9 Å². The molecule has 0 bridgehead atoms. The minimum atomic E-state index is -0.962. The zero-order valence-corrected chi connectivity index (χ0v) is 16.5. The van der Waals surface area contributed by atoms with Crippen LogP contribution in [-0.4, -0.2) is 55.2 Å². The van der Waals surface area contributed by atoms with Gasteiger partial charge in [-0.25, -0.2) is 4.79 Å². The van der Waals surface area contributed by atoms with E-state index in [1.165, 1.54) is 6.92 Å². The molecule has 0 aliphatic carbocycles. The third-order valence-electron chi connectivity index (χ3n) is 5.14. The lowest BCUT2D eigenvalue weighted by Gasteiger charge is -2.29. The topological polar surface area (TPSA) is 93.5 Å². The number of carbonyl (C=O) groups excluding carboxylic acids is 3. The Morgan fingerprint density at radius 2 is 2.12 bits per heavy atom. The molecular weight excluding hydrogens is 356 g/mol. The average Bonchev–Trinajstić information content (AvgIpc) is 3.15. The van der Waals surface area contributed by atoms with Gasteiger partial charge in [-0.1, -0.05) is 0 Å². The van der Waals surface area contributed by atoms with Gasteiger partial charge in [0.2, 0.25) is 5.91 Å². The number of hydrogen-bond donors (Lipinski definition) is 1. The summed E-state index contributed by atoms with van der Waals surface area (Å²) in [5.74, 6) is -0.480. The van der Waals surface area contributed by atoms with Crippen LogP contribution in [0.25, 0.3) is 0 Å². The van der Waals surface area contributed by atoms with Gasteiger partial charge in [-0.3, -0.25) is 14.3 Å². The number of nitrogens with zero attached hydrogens (tertiary/aromatic N) is 3. The minimum Gasteiger partial charge on any atom is -0.451 e. The maximum absolute atomic E-state index is 12.6. The molecule has 0 spiro atoms. The molecule has 0 aromatic carbocycles. The predicted octanol–water partition coefficient (Wildman–Crippen LogP) is 1.36. The number of aromatic nitrogens is 2. The van der Waals surface area contributed by atoms with Crippen LogP contribution < -0.4 is 5.32 Å². The molecule has 9 heteroatoms. The Labute approximate surface area is 156 Å². The number of thioether (sulfide) groups is 1. The molecule has 2 saturated heterocycles. The zero-order valence-electron chi connectivity index (χ0n) is 15.7. The first-order valence-corrected chi connectivity index (χ1v) is 9.60. The maximum atomic E-state index is 12.6. The van der Waals surface area contributed by atoms with Crippen molar-refractivity contribution in [3.63, 3.8) is 0 Å². The summed E-state index contributed by atoms with van der Waals surface area (Å²) >= 11 is 1.59. The number of rotatable bonds is 4. The fourth-order valence-electron chi connectivity index (χ4n) is 3.48. The molecule has 2 amide bonds. The summed E-state index contributed by atoms with van der Waals surface area (Å²) in [5, 5.41) is 7.02. The number of carbonyl (C=O) groups is 3. The number of aryl methyl sites for hydroxylation is 2. The molecule has 3 heterocycles. The van der Waals surface area contributed by atoms with Crippen LogP contribution in [0.3, 0.4) is 0 Å². The second kappa shape index (κ2) is 6.61. The van der Waals surface area contributed by atoms with Gasteiger partial charge in [0.25, 0.3) is 5.91 Å². The summed E-state index contributed by atoms with van der Waals surface area (Å²) in [5.41, 5.74) is 2.14. The molecule has 26 heavy (non-hydrogen) atoms. The molecule has 0 radical (unpaired) electrons. The number of amides is 2. The van der Waals surface area contributed by atoms with Crippen LogP contribution in [0, 0.1) is 13.8 Å². The second-order valence-electron chi connectivity index (χ2n) is 7.00. The van der Waals surface area contributed by atoms with E-state index in [1.807, 2.05) is 13.8 Å². The van der Waals surface area contributed by atoms with Crippen LogP contribution in [0.2, 0.25) is 0 Å². The summed E-state index contributed by atoms with van der Waals surface area (Å²) in [7, 11) is 1.79. The lowest BCUT2D eigenvalue weighted by atomic mass is 10.2. The van der Waals surface area contributed by atoms with Crippen molar-refractivity contribution in [1.29, 1.82) is 0 Å². The maximum Gasteiger partial charge on any atom is 0.330 e. The Morgan fingerprint density at radius 1 is 1.42 bits per heavy atom. The van der Waals surface area contributed by atoms with Gasteiger partial charge < -0.3 is 15.0 Å². The van der Waals surface area contributed by atoms with Crippen LogP contribution in [0.15, 0.2) is 0 Å². The van der Waals surface area contributed by atoms with E-state index in [1.54, 1.807) is 35.3 Å². The van der Waals surface area contributed by atoms with Crippen molar-refractivity contribution in [3.05, 3.63) is 11.4 Å². The lowest BCUT2D eigenvalue weighted by Crippen LogP contribution is -2.48. The van der Waals surface area contributed by atoms with Crippen LogP contribution >= 0.6 is 11.8 Å². The number of anilines is 1. The lowest BCUT2D eigenvalue weighted by molar-refractivity contribution is -0.160. The first kappa shape index (κ1) is 18.8. The van der Waals surface area contributed by atoms with E-state index >= 15 is 0 Å². The van der Waals surface area contributed by atoms with E-state index in [-0.39, 0.29) is 10.8 Å². The average molecular weight is 380 g/mol. The molecule has 3 atom stereocenters. The fraction of sp³-hybridized carbons (Fsp3) is 0.647. The molecule has 1 aromatic heterocycles. The van der Waals surface area contributed by atoms with E-state index in [4.69, 9.17) is 4.74 Å². The Morgan fingerprint density at radius 3 is 2.73 bits per heavy atom. The summed E-state index contributed by atoms with van der Waals surface area (Å²) in [6.07, 6.45) is 0.217. The quantitative estimate of drug-likeness (QED) is 0.793. The molecule has 2 fully saturated rings. The SMILES string of the molecule is Cc1nn(C)c(C)c1NC(=O)[C@@H](C)OC(=O)[C@H]1CS[C@@]2(C)CCC(=O)N12. The number of nitrogens with one attached hydrogen (secondary N) is 1. The van der Waals surface area contributed by atoms with Crippen molar-refractivity contribution in [1.82, 2.24) is 14.7 Å². The monoisotopic (exact) mass is 380 g/mol. The van der Waals surface area contributed by atoms with Crippen molar-refractivity contribution in [2.45, 2.75) is 57.6 Å². The largest absolute Gasteiger partial charge is 0.451 e. The van der Waals surface area contributed by atoms with E-state index in [9.17, 15) is 14.4 Å². The van der Waals surface area contributed by atoms with Crippen molar-refractivity contribution in [3.8, 4) is 0 Å². The summed E-state index contributed by atoms with van der Waals surface area (Å²) in [6.45, 7) is 7.15. The molecule has 1 N–H and O–H groups in total. The first-order chi connectivity index (χ1) is 12.1. The molecular formula is C17H24N4O4S. The third-order valence-corrected chi connectivity index (χ3v) is 6.64. The normalized spacial score (nSPS) is 26.0. The fourth-order valence-corrected chi connectivity index (χ4v) is 4.90. The smallest absolute Gasteiger partial charge is 0.330 e. The first-order valence-electron chi connectivity index (χ1n) is 8.61. The van der Waals surface area contributed by atoms with E-state index in [2.05, 4.69) is 10.4 Å². The number of fused-ring (bicyclic) bond motifs is 1. The Hall–Kier alpha value is -2.03. The van der Waals surface area contributed by atoms with Gasteiger partial charge in [-0.2, -0.15) is 5.10 Å². The summed E-state index contributed by atoms with van der Waals surface area (Å²) in [6, 6.07) is -0.628. The highest BCUT2D eigenvalue weighted by molar-refractivity contribution is 8.01. The highest BCUT2D eigenvalue weighted by atomic mass is 32.2. The zero-order chi connectivity index (χ0) is 19.2. The Balaban J connectivity index is 1.64. The van der Waals surface area contributed by atoms with Crippen LogP contribution in [0.1, 0.15) is 38.1 Å². The van der Waals surface area contributed by atoms with Crippen LogP contribution in [0.4, 0.5) is 5.69 Å². The summed E-state index contributed by atoms with van der Waals surface area (Å²) in [4.78, 5) is 38.4. The van der Waals surface area contributed by atoms with Crippen LogP contribution in [-0.2, 0) is 26.2 Å². The molecule has 2 aliphatic heterocycles. The van der Waals surface area contributed by atoms with Gasteiger partial charge in [-0.05, 0) is 34.1 Å². The molecule has 0 unspecified atom stereocenters. The van der Waals surface area contributed by atoms with Crippen molar-refractivity contribution in [2.24, 2.45) is 7.05 Å². The number of ether oxygens (including phenoxy) is 1. The molecule has 142 valence electrons. The Kier molecular flexibility index (Phi) is 4.76. The van der Waals surface area contributed by atoms with Crippen molar-refractivity contribution >= 4 is 35.2 Å². The number of hydrogen-bond acceptors (Lipinski definition) is 6. The van der Waals surface area contributed by atoms with Gasteiger partial charge in [0.1, 0.15) is 6.04 Å². The molecule has 0 saturated carbocycles. The van der Waals surface area contributed by atoms with Gasteiger partial charge in [0, 0.05) is 19.2 Å². The predicted molar refractivity (Wildman–Crippen MR) is 97.6 cm³/mol. The second-order valence-corrected chi connectivity index (χ2v) is 8.50. The van der Waals surface area contributed by atoms with Gasteiger partial charge >= 0.3 is 5.97 Å². The highest BCUT2D eigenvalue weighted by Gasteiger charge is 2.53. The van der Waals surface area contributed by atoms with Crippen LogP contribution in [0.5, 0.6) is 0 Å². The van der Waals surface area contributed by atoms with Gasteiger partial charge in [-0.15, -0.1) is 11.8 Å². The van der Waals surface area contributed by atoms with E-state index < -0.39 is 24.0 Å². The molecule has 8 nitrogen and oxygen atoms in total. The standard InChI is InChI=1S/C17H24N4O4S/c1-9-14(10(2)20(5)19-9)18-15(23)11(3)25-16(24)12-8-26-17(4)7-6-13(22)21(12)17/h11-12H,6-8H2,1-5H3,(H,18,23)/t11-,12-,17+/m1/s1. The van der Waals surface area contributed by atoms with Crippen molar-refractivity contribution in [2.75, 3.05) is 11.1 Å². The molecule has 2 aliphatic rings. The van der Waals surface area contributed by atoms with Crippen molar-refractivity contribution < 1.29 is 19.1 Å². The highest BCUT2D eigenvalue weighted by Crippen LogP contribution is 2.47. The minimum absolute atomic E-state index is 0.0295. The molecule has 1 aromatic rings. The Bertz CT molecular complexity index is 777. The molecule has 3 rings (SSSR count). The number of esters is 1. The van der Waals surface area contributed by atoms with E-state index in [0.717, 1.165) is 12.1 Å². The summed E-state index contributed by atoms with van der Waals surface area (Å²) < 4.78 is 7.05. The van der Waals surface area contributed by atoms with Gasteiger partial charge in [0.15, 0.2) is 6.10 Å². The van der Waals surface area contributed by atoms with E-state index in [0.29, 0.717) is 23.6 Å².